The second kappa shape index (κ2) is 8.69. The van der Waals surface area contributed by atoms with Crippen LogP contribution < -0.4 is 4.74 Å². The molecule has 2 aliphatic heterocycles. The van der Waals surface area contributed by atoms with Crippen LogP contribution >= 0.6 is 0 Å². The summed E-state index contributed by atoms with van der Waals surface area (Å²) in [6, 6.07) is 6.14. The number of rotatable bonds is 5. The minimum absolute atomic E-state index is 0.0786. The molecule has 3 heterocycles. The molecule has 0 aliphatic carbocycles. The maximum Gasteiger partial charge on any atom is 0.302 e. The Balaban J connectivity index is 1.77. The quantitative estimate of drug-likeness (QED) is 0.729. The van der Waals surface area contributed by atoms with Crippen LogP contribution in [0.3, 0.4) is 0 Å². The molecule has 27 heavy (non-hydrogen) atoms. The molecule has 0 N–H and O–H groups in total. The lowest BCUT2D eigenvalue weighted by molar-refractivity contribution is -0.153. The normalized spacial score (nSPS) is 28.1. The minimum Gasteiger partial charge on any atom is -0.481 e. The molecule has 7 nitrogen and oxygen atoms in total. The fourth-order valence-electron chi connectivity index (χ4n) is 4.37. The van der Waals surface area contributed by atoms with Crippen molar-refractivity contribution in [2.45, 2.75) is 51.2 Å². The fraction of sp³-hybridized carbons (Fsp3) is 0.650. The molecule has 0 bridgehead atoms. The molecule has 0 saturated carbocycles. The Hall–Kier alpha value is -2.15. The van der Waals surface area contributed by atoms with Gasteiger partial charge in [0.1, 0.15) is 6.10 Å². The van der Waals surface area contributed by atoms with Crippen LogP contribution in [-0.2, 0) is 19.1 Å². The Morgan fingerprint density at radius 2 is 2.00 bits per heavy atom. The van der Waals surface area contributed by atoms with Gasteiger partial charge in [-0.05, 0) is 25.3 Å². The molecule has 0 amide bonds. The lowest BCUT2D eigenvalue weighted by atomic mass is 9.78. The zero-order valence-corrected chi connectivity index (χ0v) is 16.2. The van der Waals surface area contributed by atoms with E-state index in [1.165, 1.54) is 13.8 Å². The predicted molar refractivity (Wildman–Crippen MR) is 98.4 cm³/mol. The molecule has 148 valence electrons. The van der Waals surface area contributed by atoms with E-state index in [2.05, 4.69) is 9.88 Å². The molecule has 2 fully saturated rings. The number of hydrogen-bond donors (Lipinski definition) is 0. The third-order valence-corrected chi connectivity index (χ3v) is 5.48. The lowest BCUT2D eigenvalue weighted by Crippen LogP contribution is -2.55. The van der Waals surface area contributed by atoms with E-state index >= 15 is 0 Å². The monoisotopic (exact) mass is 376 g/mol. The Morgan fingerprint density at radius 1 is 1.19 bits per heavy atom. The predicted octanol–water partition coefficient (Wildman–Crippen LogP) is 2.15. The van der Waals surface area contributed by atoms with Crippen LogP contribution in [0, 0.1) is 5.92 Å². The summed E-state index contributed by atoms with van der Waals surface area (Å²) < 4.78 is 16.1. The number of fused-ring (bicyclic) bond motifs is 1. The van der Waals surface area contributed by atoms with E-state index in [0.717, 1.165) is 31.5 Å². The number of esters is 2. The highest BCUT2D eigenvalue weighted by atomic mass is 16.5. The number of aromatic nitrogens is 1. The number of piperidine rings is 2. The van der Waals surface area contributed by atoms with E-state index in [1.807, 2.05) is 18.2 Å². The zero-order chi connectivity index (χ0) is 19.4. The molecule has 2 aliphatic rings. The number of carbonyl (C=O) groups excluding carboxylic acids is 2. The van der Waals surface area contributed by atoms with Gasteiger partial charge in [0.15, 0.2) is 0 Å². The molecule has 1 aromatic rings. The van der Waals surface area contributed by atoms with Crippen molar-refractivity contribution in [1.82, 2.24) is 9.88 Å². The number of nitrogens with zero attached hydrogens (tertiary/aromatic N) is 2. The van der Waals surface area contributed by atoms with E-state index < -0.39 is 0 Å². The molecule has 3 rings (SSSR count). The number of ether oxygens (including phenoxy) is 3. The van der Waals surface area contributed by atoms with Crippen LogP contribution in [0.4, 0.5) is 0 Å². The third-order valence-electron chi connectivity index (χ3n) is 5.48. The Labute approximate surface area is 160 Å². The summed E-state index contributed by atoms with van der Waals surface area (Å²) in [6.07, 6.45) is 2.61. The summed E-state index contributed by atoms with van der Waals surface area (Å²) in [7, 11) is 1.61. The van der Waals surface area contributed by atoms with Crippen LogP contribution in [0.2, 0.25) is 0 Å². The Morgan fingerprint density at radius 3 is 2.70 bits per heavy atom. The van der Waals surface area contributed by atoms with Crippen LogP contribution in [0.25, 0.3) is 0 Å². The Kier molecular flexibility index (Phi) is 6.31. The molecule has 0 radical (unpaired) electrons. The van der Waals surface area contributed by atoms with Crippen molar-refractivity contribution in [2.24, 2.45) is 5.92 Å². The molecule has 1 aromatic heterocycles. The van der Waals surface area contributed by atoms with Gasteiger partial charge in [-0.3, -0.25) is 14.5 Å². The van der Waals surface area contributed by atoms with E-state index in [0.29, 0.717) is 25.1 Å². The first-order valence-corrected chi connectivity index (χ1v) is 9.51. The highest BCUT2D eigenvalue weighted by molar-refractivity contribution is 5.66. The first kappa shape index (κ1) is 19.6. The summed E-state index contributed by atoms with van der Waals surface area (Å²) in [4.78, 5) is 29.7. The van der Waals surface area contributed by atoms with Gasteiger partial charge in [-0.15, -0.1) is 0 Å². The Bertz CT molecular complexity index is 680. The first-order chi connectivity index (χ1) is 13.0. The molecule has 0 spiro atoms. The summed E-state index contributed by atoms with van der Waals surface area (Å²) in [5.74, 6) is 0.559. The van der Waals surface area contributed by atoms with Crippen LogP contribution in [-0.4, -0.2) is 60.8 Å². The van der Waals surface area contributed by atoms with Crippen molar-refractivity contribution in [2.75, 3.05) is 26.8 Å². The van der Waals surface area contributed by atoms with Gasteiger partial charge in [0.25, 0.3) is 0 Å². The summed E-state index contributed by atoms with van der Waals surface area (Å²) in [6.45, 7) is 4.86. The smallest absolute Gasteiger partial charge is 0.302 e. The molecule has 0 unspecified atom stereocenters. The molecular weight excluding hydrogens is 348 g/mol. The number of hydrogen-bond acceptors (Lipinski definition) is 7. The van der Waals surface area contributed by atoms with E-state index in [-0.39, 0.29) is 29.9 Å². The minimum atomic E-state index is -0.253. The van der Waals surface area contributed by atoms with Crippen LogP contribution in [0.1, 0.15) is 44.7 Å². The summed E-state index contributed by atoms with van der Waals surface area (Å²) in [5, 5.41) is 0. The highest BCUT2D eigenvalue weighted by Crippen LogP contribution is 2.38. The fourth-order valence-corrected chi connectivity index (χ4v) is 4.37. The van der Waals surface area contributed by atoms with Gasteiger partial charge >= 0.3 is 11.9 Å². The molecule has 7 heteroatoms. The van der Waals surface area contributed by atoms with Crippen molar-refractivity contribution in [3.63, 3.8) is 0 Å². The van der Waals surface area contributed by atoms with Gasteiger partial charge in [0.2, 0.25) is 5.88 Å². The molecule has 0 aromatic carbocycles. The number of methoxy groups -OCH3 is 1. The molecular formula is C20H28N2O5. The second-order valence-corrected chi connectivity index (χ2v) is 7.43. The van der Waals surface area contributed by atoms with E-state index in [1.54, 1.807) is 7.11 Å². The maximum atomic E-state index is 11.3. The average molecular weight is 376 g/mol. The average Bonchev–Trinajstić information content (AvgIpc) is 2.65. The number of carbonyl (C=O) groups is 2. The van der Waals surface area contributed by atoms with Crippen molar-refractivity contribution in [1.29, 1.82) is 0 Å². The molecule has 2 saturated heterocycles. The topological polar surface area (TPSA) is 78.0 Å². The van der Waals surface area contributed by atoms with Gasteiger partial charge in [0.05, 0.1) is 13.7 Å². The van der Waals surface area contributed by atoms with Crippen molar-refractivity contribution < 1.29 is 23.8 Å². The lowest BCUT2D eigenvalue weighted by Gasteiger charge is -2.48. The third kappa shape index (κ3) is 4.97. The number of pyridine rings is 1. The van der Waals surface area contributed by atoms with E-state index in [4.69, 9.17) is 14.2 Å². The second-order valence-electron chi connectivity index (χ2n) is 7.43. The van der Waals surface area contributed by atoms with Gasteiger partial charge in [0, 0.05) is 56.6 Å². The highest BCUT2D eigenvalue weighted by Gasteiger charge is 2.41. The van der Waals surface area contributed by atoms with E-state index in [9.17, 15) is 9.59 Å². The molecule has 4 atom stereocenters. The van der Waals surface area contributed by atoms with Crippen LogP contribution in [0.15, 0.2) is 18.2 Å². The van der Waals surface area contributed by atoms with Gasteiger partial charge < -0.3 is 14.2 Å². The summed E-state index contributed by atoms with van der Waals surface area (Å²) in [5.41, 5.74) is 0.982. The van der Waals surface area contributed by atoms with Gasteiger partial charge in [-0.2, -0.15) is 0 Å². The van der Waals surface area contributed by atoms with Gasteiger partial charge in [-0.1, -0.05) is 6.07 Å². The standard InChI is InChI=1S/C20H28N2O5/c1-13(23)26-12-16-9-15(18-5-4-6-20(21-18)25-3)10-22-11-17(27-14(2)24)7-8-19(16)22/h4-6,15-17,19H,7-12H2,1-3H3/t15-,16-,17+,19-/m1/s1. The van der Waals surface area contributed by atoms with Crippen molar-refractivity contribution in [3.8, 4) is 5.88 Å². The first-order valence-electron chi connectivity index (χ1n) is 9.51. The van der Waals surface area contributed by atoms with Crippen molar-refractivity contribution >= 4 is 11.9 Å². The zero-order valence-electron chi connectivity index (χ0n) is 16.2. The van der Waals surface area contributed by atoms with Crippen LogP contribution in [0.5, 0.6) is 5.88 Å². The largest absolute Gasteiger partial charge is 0.481 e. The van der Waals surface area contributed by atoms with Crippen molar-refractivity contribution in [3.05, 3.63) is 23.9 Å². The van der Waals surface area contributed by atoms with Gasteiger partial charge in [-0.25, -0.2) is 4.98 Å². The summed E-state index contributed by atoms with van der Waals surface area (Å²) >= 11 is 0. The SMILES string of the molecule is COc1cccc([C@@H]2C[C@H](COC(C)=O)[C@H]3CC[C@H](OC(C)=O)CN3C2)n1. The maximum absolute atomic E-state index is 11.3.